The molecule has 0 aromatic carbocycles. The van der Waals surface area contributed by atoms with Gasteiger partial charge in [-0.1, -0.05) is 29.8 Å². The second-order valence-electron chi connectivity index (χ2n) is 2.51. The minimum atomic E-state index is -0.102. The number of carbonyl (C=O) groups excluding carboxylic acids is 1. The van der Waals surface area contributed by atoms with Crippen molar-refractivity contribution in [1.82, 2.24) is 0 Å². The number of alkyl halides is 1. The molecule has 0 radical (unpaired) electrons. The number of carbonyl (C=O) groups is 1. The Balaban J connectivity index is 3.26. The van der Waals surface area contributed by atoms with E-state index in [0.717, 1.165) is 5.33 Å². The van der Waals surface area contributed by atoms with E-state index in [0.29, 0.717) is 18.9 Å². The predicted octanol–water partition coefficient (Wildman–Crippen LogP) is 1.97. The van der Waals surface area contributed by atoms with Gasteiger partial charge in [-0.05, 0) is 5.92 Å². The smallest absolute Gasteiger partial charge is 0.306 e. The Labute approximate surface area is 70.1 Å². The molecule has 10 heavy (non-hydrogen) atoms. The molecule has 0 aromatic rings. The fourth-order valence-corrected chi connectivity index (χ4v) is 0.707. The normalized spacial score (nSPS) is 10.0. The van der Waals surface area contributed by atoms with Crippen molar-refractivity contribution in [1.29, 1.82) is 0 Å². The van der Waals surface area contributed by atoms with Gasteiger partial charge in [-0.2, -0.15) is 0 Å². The van der Waals surface area contributed by atoms with E-state index < -0.39 is 0 Å². The first-order chi connectivity index (χ1) is 4.66. The van der Waals surface area contributed by atoms with Crippen molar-refractivity contribution >= 4 is 21.9 Å². The van der Waals surface area contributed by atoms with Crippen LogP contribution in [0, 0.1) is 5.92 Å². The van der Waals surface area contributed by atoms with Crippen LogP contribution in [0.3, 0.4) is 0 Å². The van der Waals surface area contributed by atoms with Crippen LogP contribution in [-0.4, -0.2) is 17.9 Å². The first-order valence-corrected chi connectivity index (χ1v) is 4.50. The highest BCUT2D eigenvalue weighted by atomic mass is 79.9. The standard InChI is InChI=1S/C7H13BrO2/c1-6(2)5-7(9)10-4-3-8/h6H,3-5H2,1-2H3. The van der Waals surface area contributed by atoms with Crippen LogP contribution in [0.5, 0.6) is 0 Å². The van der Waals surface area contributed by atoms with E-state index in [1.54, 1.807) is 0 Å². The van der Waals surface area contributed by atoms with E-state index in [1.807, 2.05) is 13.8 Å². The molecule has 0 rings (SSSR count). The largest absolute Gasteiger partial charge is 0.465 e. The zero-order valence-corrected chi connectivity index (χ0v) is 7.98. The third-order valence-electron chi connectivity index (χ3n) is 0.915. The average molecular weight is 209 g/mol. The molecule has 0 aliphatic carbocycles. The van der Waals surface area contributed by atoms with Crippen LogP contribution in [-0.2, 0) is 9.53 Å². The Hall–Kier alpha value is -0.0500. The summed E-state index contributed by atoms with van der Waals surface area (Å²) in [6.45, 7) is 4.47. The van der Waals surface area contributed by atoms with Gasteiger partial charge in [0.05, 0.1) is 0 Å². The summed E-state index contributed by atoms with van der Waals surface area (Å²) in [5.74, 6) is 0.289. The maximum Gasteiger partial charge on any atom is 0.306 e. The quantitative estimate of drug-likeness (QED) is 0.522. The van der Waals surface area contributed by atoms with Crippen LogP contribution in [0.1, 0.15) is 20.3 Å². The van der Waals surface area contributed by atoms with Crippen molar-refractivity contribution in [2.45, 2.75) is 20.3 Å². The number of hydrogen-bond acceptors (Lipinski definition) is 2. The molecule has 0 amide bonds. The summed E-state index contributed by atoms with van der Waals surface area (Å²) in [5, 5.41) is 0.719. The lowest BCUT2D eigenvalue weighted by atomic mass is 10.1. The second kappa shape index (κ2) is 5.71. The Morgan fingerprint density at radius 2 is 2.20 bits per heavy atom. The summed E-state index contributed by atoms with van der Waals surface area (Å²) in [4.78, 5) is 10.8. The second-order valence-corrected chi connectivity index (χ2v) is 3.30. The van der Waals surface area contributed by atoms with E-state index in [-0.39, 0.29) is 5.97 Å². The fraction of sp³-hybridized carbons (Fsp3) is 0.857. The van der Waals surface area contributed by atoms with Gasteiger partial charge in [0.15, 0.2) is 0 Å². The number of ether oxygens (including phenoxy) is 1. The minimum Gasteiger partial charge on any atom is -0.465 e. The summed E-state index contributed by atoms with van der Waals surface area (Å²) >= 11 is 3.17. The summed E-state index contributed by atoms with van der Waals surface area (Å²) in [6, 6.07) is 0. The highest BCUT2D eigenvalue weighted by Gasteiger charge is 2.04. The molecule has 3 heteroatoms. The first kappa shape index (κ1) is 9.95. The molecule has 2 nitrogen and oxygen atoms in total. The van der Waals surface area contributed by atoms with Crippen molar-refractivity contribution in [2.75, 3.05) is 11.9 Å². The zero-order valence-electron chi connectivity index (χ0n) is 6.39. The van der Waals surface area contributed by atoms with Crippen LogP contribution >= 0.6 is 15.9 Å². The number of hydrogen-bond donors (Lipinski definition) is 0. The summed E-state index contributed by atoms with van der Waals surface area (Å²) in [7, 11) is 0. The van der Waals surface area contributed by atoms with Gasteiger partial charge >= 0.3 is 5.97 Å². The molecule has 0 saturated carbocycles. The Morgan fingerprint density at radius 1 is 1.60 bits per heavy atom. The SMILES string of the molecule is CC(C)CC(=O)OCCBr. The Morgan fingerprint density at radius 3 is 2.60 bits per heavy atom. The number of rotatable bonds is 4. The van der Waals surface area contributed by atoms with Gasteiger partial charge < -0.3 is 4.74 Å². The molecule has 0 spiro atoms. The summed E-state index contributed by atoms with van der Waals surface area (Å²) in [6.07, 6.45) is 0.521. The molecule has 0 aliphatic heterocycles. The van der Waals surface area contributed by atoms with E-state index in [4.69, 9.17) is 4.74 Å². The lowest BCUT2D eigenvalue weighted by molar-refractivity contribution is -0.143. The maximum absolute atomic E-state index is 10.8. The minimum absolute atomic E-state index is 0.102. The molecule has 0 unspecified atom stereocenters. The van der Waals surface area contributed by atoms with Crippen molar-refractivity contribution in [3.63, 3.8) is 0 Å². The summed E-state index contributed by atoms with van der Waals surface area (Å²) in [5.41, 5.74) is 0. The van der Waals surface area contributed by atoms with Crippen molar-refractivity contribution < 1.29 is 9.53 Å². The van der Waals surface area contributed by atoms with E-state index >= 15 is 0 Å². The molecular formula is C7H13BrO2. The van der Waals surface area contributed by atoms with Crippen LogP contribution in [0.15, 0.2) is 0 Å². The van der Waals surface area contributed by atoms with Gasteiger partial charge in [0, 0.05) is 11.8 Å². The highest BCUT2D eigenvalue weighted by molar-refractivity contribution is 9.09. The van der Waals surface area contributed by atoms with Gasteiger partial charge in [-0.3, -0.25) is 4.79 Å². The van der Waals surface area contributed by atoms with E-state index in [2.05, 4.69) is 15.9 Å². The summed E-state index contributed by atoms with van der Waals surface area (Å²) < 4.78 is 4.82. The lowest BCUT2D eigenvalue weighted by Gasteiger charge is -2.03. The molecule has 0 saturated heterocycles. The molecule has 0 fully saturated rings. The zero-order chi connectivity index (χ0) is 7.98. The van der Waals surface area contributed by atoms with Gasteiger partial charge in [0.1, 0.15) is 6.61 Å². The van der Waals surface area contributed by atoms with Crippen LogP contribution in [0.4, 0.5) is 0 Å². The third-order valence-corrected chi connectivity index (χ3v) is 1.24. The van der Waals surface area contributed by atoms with Crippen molar-refractivity contribution in [3.8, 4) is 0 Å². The van der Waals surface area contributed by atoms with E-state index in [9.17, 15) is 4.79 Å². The monoisotopic (exact) mass is 208 g/mol. The molecule has 0 atom stereocenters. The maximum atomic E-state index is 10.8. The average Bonchev–Trinajstić information content (AvgIpc) is 1.82. The molecule has 0 heterocycles. The van der Waals surface area contributed by atoms with Gasteiger partial charge in [0.2, 0.25) is 0 Å². The van der Waals surface area contributed by atoms with Crippen molar-refractivity contribution in [3.05, 3.63) is 0 Å². The van der Waals surface area contributed by atoms with Crippen LogP contribution < -0.4 is 0 Å². The van der Waals surface area contributed by atoms with Crippen molar-refractivity contribution in [2.24, 2.45) is 5.92 Å². The Kier molecular flexibility index (Phi) is 5.69. The molecular weight excluding hydrogens is 196 g/mol. The topological polar surface area (TPSA) is 26.3 Å². The Bertz CT molecular complexity index is 102. The van der Waals surface area contributed by atoms with Gasteiger partial charge in [-0.15, -0.1) is 0 Å². The fourth-order valence-electron chi connectivity index (χ4n) is 0.545. The molecule has 60 valence electrons. The van der Waals surface area contributed by atoms with Crippen LogP contribution in [0.2, 0.25) is 0 Å². The number of halogens is 1. The van der Waals surface area contributed by atoms with Gasteiger partial charge in [-0.25, -0.2) is 0 Å². The highest BCUT2D eigenvalue weighted by Crippen LogP contribution is 2.00. The molecule has 0 aliphatic rings. The van der Waals surface area contributed by atoms with Gasteiger partial charge in [0.25, 0.3) is 0 Å². The molecule has 0 aromatic heterocycles. The first-order valence-electron chi connectivity index (χ1n) is 3.38. The predicted molar refractivity (Wildman–Crippen MR) is 44.2 cm³/mol. The van der Waals surface area contributed by atoms with E-state index in [1.165, 1.54) is 0 Å². The molecule has 0 N–H and O–H groups in total. The number of esters is 1. The van der Waals surface area contributed by atoms with Crippen LogP contribution in [0.25, 0.3) is 0 Å². The lowest BCUT2D eigenvalue weighted by Crippen LogP contribution is -2.08. The molecule has 0 bridgehead atoms. The third kappa shape index (κ3) is 6.08.